The fourth-order valence-electron chi connectivity index (χ4n) is 2.63. The quantitative estimate of drug-likeness (QED) is 0.590. The Labute approximate surface area is 145 Å². The summed E-state index contributed by atoms with van der Waals surface area (Å²) in [5.41, 5.74) is 1.41. The maximum atomic E-state index is 12.2. The Balaban J connectivity index is 2.29. The molecule has 7 nitrogen and oxygen atoms in total. The van der Waals surface area contributed by atoms with E-state index in [-0.39, 0.29) is 18.4 Å². The average molecular weight is 352 g/mol. The van der Waals surface area contributed by atoms with Gasteiger partial charge in [0.15, 0.2) is 0 Å². The molecule has 0 aliphatic carbocycles. The summed E-state index contributed by atoms with van der Waals surface area (Å²) in [5, 5.41) is 9.19. The number of aromatic nitrogens is 1. The number of carbonyl (C=O) groups excluding carboxylic acids is 2. The molecule has 0 unspecified atom stereocenters. The number of carbonyl (C=O) groups is 2. The van der Waals surface area contributed by atoms with Crippen molar-refractivity contribution in [1.29, 1.82) is 5.26 Å². The number of aromatic amines is 1. The van der Waals surface area contributed by atoms with Gasteiger partial charge in [0.2, 0.25) is 5.91 Å². The molecular weight excluding hydrogens is 332 g/mol. The molecule has 1 aliphatic heterocycles. The number of anilines is 1. The molecule has 128 valence electrons. The molecule has 1 amide bonds. The van der Waals surface area contributed by atoms with Gasteiger partial charge in [-0.2, -0.15) is 5.26 Å². The van der Waals surface area contributed by atoms with E-state index in [1.165, 1.54) is 0 Å². The van der Waals surface area contributed by atoms with Crippen LogP contribution in [0.15, 0.2) is 6.07 Å². The topological polar surface area (TPSA) is 87.8 Å². The summed E-state index contributed by atoms with van der Waals surface area (Å²) < 4.78 is 5.10. The molecule has 8 heteroatoms. The number of esters is 1. The molecule has 0 aromatic carbocycles. The molecule has 2 rings (SSSR count). The number of nitriles is 1. The fraction of sp³-hybridized carbons (Fsp3) is 0.500. The first-order valence-corrected chi connectivity index (χ1v) is 8.28. The molecule has 0 spiro atoms. The Kier molecular flexibility index (Phi) is 5.99. The third-order valence-electron chi connectivity index (χ3n) is 3.93. The zero-order valence-electron chi connectivity index (χ0n) is 13.8. The molecule has 1 aromatic rings. The number of hydrogen-bond donors (Lipinski definition) is 0. The van der Waals surface area contributed by atoms with Gasteiger partial charge in [0.25, 0.3) is 5.82 Å². The van der Waals surface area contributed by atoms with E-state index >= 15 is 0 Å². The summed E-state index contributed by atoms with van der Waals surface area (Å²) in [6.07, 6.45) is 0. The van der Waals surface area contributed by atoms with Crippen LogP contribution in [0.1, 0.15) is 28.5 Å². The minimum Gasteiger partial charge on any atom is -0.462 e. The number of nitrogens with zero attached hydrogens (tertiary/aromatic N) is 3. The number of piperazine rings is 1. The molecule has 1 aromatic heterocycles. The number of halogens is 1. The molecule has 0 bridgehead atoms. The first-order valence-electron chi connectivity index (χ1n) is 7.74. The molecule has 0 atom stereocenters. The summed E-state index contributed by atoms with van der Waals surface area (Å²) in [5.74, 6) is 0.0141. The van der Waals surface area contributed by atoms with E-state index in [1.54, 1.807) is 24.8 Å². The first kappa shape index (κ1) is 18.0. The number of nitrogens with one attached hydrogen (secondary N) is 1. The van der Waals surface area contributed by atoms with Crippen LogP contribution < -0.4 is 9.88 Å². The highest BCUT2D eigenvalue weighted by atomic mass is 35.5. The van der Waals surface area contributed by atoms with Gasteiger partial charge in [0.05, 0.1) is 25.3 Å². The number of aryl methyl sites for hydroxylation is 1. The lowest BCUT2D eigenvalue weighted by atomic mass is 10.1. The van der Waals surface area contributed by atoms with Crippen LogP contribution in [0.25, 0.3) is 0 Å². The number of H-pyrrole nitrogens is 1. The number of pyridine rings is 1. The molecule has 2 heterocycles. The Morgan fingerprint density at radius 2 is 2.04 bits per heavy atom. The highest BCUT2D eigenvalue weighted by Gasteiger charge is 2.31. The average Bonchev–Trinajstić information content (AvgIpc) is 2.61. The normalized spacial score (nSPS) is 14.2. The third-order valence-corrected chi connectivity index (χ3v) is 4.16. The molecule has 24 heavy (non-hydrogen) atoms. The van der Waals surface area contributed by atoms with Crippen molar-refractivity contribution >= 4 is 29.3 Å². The van der Waals surface area contributed by atoms with E-state index in [0.29, 0.717) is 48.8 Å². The van der Waals surface area contributed by atoms with Crippen LogP contribution in [0, 0.1) is 18.3 Å². The van der Waals surface area contributed by atoms with Crippen LogP contribution >= 0.6 is 11.6 Å². The summed E-state index contributed by atoms with van der Waals surface area (Å²) in [7, 11) is 0. The number of alkyl halides is 1. The highest BCUT2D eigenvalue weighted by molar-refractivity contribution is 6.27. The minimum atomic E-state index is -0.473. The van der Waals surface area contributed by atoms with E-state index in [9.17, 15) is 14.9 Å². The highest BCUT2D eigenvalue weighted by Crippen LogP contribution is 2.20. The molecule has 0 saturated carbocycles. The zero-order valence-corrected chi connectivity index (χ0v) is 14.5. The number of ether oxygens (including phenoxy) is 1. The van der Waals surface area contributed by atoms with Crippen LogP contribution in [0.5, 0.6) is 0 Å². The standard InChI is InChI=1S/C16H19ClN4O3/c1-3-24-16(23)13-8-12(10-18)11(2)19-15(13)21-6-4-20(5-7-21)14(22)9-17/h8H,3-7,9H2,1-2H3/p+1. The van der Waals surface area contributed by atoms with E-state index in [4.69, 9.17) is 16.3 Å². The Morgan fingerprint density at radius 1 is 1.38 bits per heavy atom. The second kappa shape index (κ2) is 7.97. The molecule has 1 fully saturated rings. The van der Waals surface area contributed by atoms with Crippen LogP contribution in [0.3, 0.4) is 0 Å². The lowest BCUT2D eigenvalue weighted by Gasteiger charge is -2.31. The molecule has 1 N–H and O–H groups in total. The van der Waals surface area contributed by atoms with Crippen molar-refractivity contribution in [3.8, 4) is 6.07 Å². The molecule has 1 aliphatic rings. The summed E-state index contributed by atoms with van der Waals surface area (Å²) in [6.45, 7) is 5.96. The summed E-state index contributed by atoms with van der Waals surface area (Å²) >= 11 is 5.59. The van der Waals surface area contributed by atoms with Crippen molar-refractivity contribution < 1.29 is 19.3 Å². The Hall–Kier alpha value is -2.33. The number of amides is 1. The van der Waals surface area contributed by atoms with E-state index in [1.807, 2.05) is 4.90 Å². The van der Waals surface area contributed by atoms with Crippen LogP contribution in [0.2, 0.25) is 0 Å². The Bertz CT molecular complexity index is 679. The zero-order chi connectivity index (χ0) is 17.7. The lowest BCUT2D eigenvalue weighted by molar-refractivity contribution is -0.374. The van der Waals surface area contributed by atoms with Crippen molar-refractivity contribution in [2.45, 2.75) is 13.8 Å². The van der Waals surface area contributed by atoms with Crippen molar-refractivity contribution in [2.75, 3.05) is 43.6 Å². The maximum Gasteiger partial charge on any atom is 0.346 e. The van der Waals surface area contributed by atoms with Gasteiger partial charge >= 0.3 is 5.97 Å². The SMILES string of the molecule is CCOC(=O)c1cc(C#N)c(C)[nH+]c1N1CCN(C(=O)CCl)CC1. The van der Waals surface area contributed by atoms with E-state index in [0.717, 1.165) is 0 Å². The van der Waals surface area contributed by atoms with Gasteiger partial charge in [-0.05, 0) is 19.9 Å². The van der Waals surface area contributed by atoms with Gasteiger partial charge in [-0.25, -0.2) is 9.78 Å². The molecule has 0 radical (unpaired) electrons. The minimum absolute atomic E-state index is 0.0316. The molecular formula is C16H20ClN4O3+. The van der Waals surface area contributed by atoms with E-state index < -0.39 is 5.97 Å². The second-order valence-electron chi connectivity index (χ2n) is 5.40. The van der Waals surface area contributed by atoms with Gasteiger partial charge in [-0.1, -0.05) is 0 Å². The summed E-state index contributed by atoms with van der Waals surface area (Å²) in [6, 6.07) is 3.62. The van der Waals surface area contributed by atoms with Gasteiger partial charge < -0.3 is 9.64 Å². The van der Waals surface area contributed by atoms with Crippen LogP contribution in [0.4, 0.5) is 5.82 Å². The van der Waals surface area contributed by atoms with Gasteiger partial charge in [0, 0.05) is 0 Å². The predicted molar refractivity (Wildman–Crippen MR) is 87.9 cm³/mol. The first-order chi connectivity index (χ1) is 11.5. The fourth-order valence-corrected chi connectivity index (χ4v) is 2.80. The van der Waals surface area contributed by atoms with Crippen molar-refractivity contribution in [3.63, 3.8) is 0 Å². The van der Waals surface area contributed by atoms with Gasteiger partial charge in [0.1, 0.15) is 36.3 Å². The third kappa shape index (κ3) is 3.77. The maximum absolute atomic E-state index is 12.2. The smallest absolute Gasteiger partial charge is 0.346 e. The van der Waals surface area contributed by atoms with Crippen molar-refractivity contribution in [2.24, 2.45) is 0 Å². The lowest BCUT2D eigenvalue weighted by Crippen LogP contribution is -2.51. The number of hydrogen-bond acceptors (Lipinski definition) is 5. The monoisotopic (exact) mass is 351 g/mol. The van der Waals surface area contributed by atoms with Crippen molar-refractivity contribution in [1.82, 2.24) is 4.90 Å². The second-order valence-corrected chi connectivity index (χ2v) is 5.67. The predicted octanol–water partition coefficient (Wildman–Crippen LogP) is 0.745. The van der Waals surface area contributed by atoms with Crippen LogP contribution in [-0.2, 0) is 9.53 Å². The largest absolute Gasteiger partial charge is 0.462 e. The van der Waals surface area contributed by atoms with Gasteiger partial charge in [-0.15, -0.1) is 11.6 Å². The van der Waals surface area contributed by atoms with E-state index in [2.05, 4.69) is 11.1 Å². The number of rotatable bonds is 4. The van der Waals surface area contributed by atoms with Crippen LogP contribution in [-0.4, -0.2) is 55.4 Å². The van der Waals surface area contributed by atoms with Crippen molar-refractivity contribution in [3.05, 3.63) is 22.9 Å². The van der Waals surface area contributed by atoms with Gasteiger partial charge in [-0.3, -0.25) is 9.69 Å². The Morgan fingerprint density at radius 3 is 2.58 bits per heavy atom. The summed E-state index contributed by atoms with van der Waals surface area (Å²) in [4.78, 5) is 30.7. The molecule has 1 saturated heterocycles.